The molecule has 1 atom stereocenters. The molecule has 0 amide bonds. The molecule has 19 heavy (non-hydrogen) atoms. The van der Waals surface area contributed by atoms with E-state index in [0.717, 1.165) is 44.9 Å². The van der Waals surface area contributed by atoms with Gasteiger partial charge >= 0.3 is 0 Å². The molecule has 1 heterocycles. The van der Waals surface area contributed by atoms with Crippen LogP contribution in [0.15, 0.2) is 0 Å². The van der Waals surface area contributed by atoms with Crippen LogP contribution in [0.25, 0.3) is 0 Å². The predicted molar refractivity (Wildman–Crippen MR) is 75.2 cm³/mol. The normalized spacial score (nSPS) is 27.9. The van der Waals surface area contributed by atoms with Crippen LogP contribution >= 0.6 is 0 Å². The maximum absolute atomic E-state index is 11.9. The molecular formula is C12H23NO4S2. The van der Waals surface area contributed by atoms with Gasteiger partial charge in [0, 0.05) is 6.54 Å². The van der Waals surface area contributed by atoms with Crippen molar-refractivity contribution in [2.24, 2.45) is 5.92 Å². The van der Waals surface area contributed by atoms with Gasteiger partial charge in [0.05, 0.1) is 16.8 Å². The summed E-state index contributed by atoms with van der Waals surface area (Å²) in [4.78, 5) is 0. The molecule has 1 aliphatic heterocycles. The number of rotatable bonds is 6. The van der Waals surface area contributed by atoms with E-state index in [9.17, 15) is 16.8 Å². The first-order valence-electron chi connectivity index (χ1n) is 7.08. The number of sulfone groups is 1. The van der Waals surface area contributed by atoms with Crippen molar-refractivity contribution < 1.29 is 16.8 Å². The van der Waals surface area contributed by atoms with Crippen molar-refractivity contribution in [1.29, 1.82) is 0 Å². The Bertz CT molecular complexity index is 492. The summed E-state index contributed by atoms with van der Waals surface area (Å²) in [7, 11) is -5.96. The summed E-state index contributed by atoms with van der Waals surface area (Å²) < 4.78 is 49.1. The minimum absolute atomic E-state index is 0.209. The van der Waals surface area contributed by atoms with E-state index in [-0.39, 0.29) is 16.9 Å². The second-order valence-electron chi connectivity index (χ2n) is 5.76. The molecule has 0 aromatic carbocycles. The van der Waals surface area contributed by atoms with E-state index in [1.807, 2.05) is 0 Å². The van der Waals surface area contributed by atoms with Gasteiger partial charge in [0.2, 0.25) is 10.0 Å². The summed E-state index contributed by atoms with van der Waals surface area (Å²) in [6.45, 7) is 0.440. The highest BCUT2D eigenvalue weighted by Gasteiger charge is 2.29. The zero-order chi connectivity index (χ0) is 13.9. The first-order valence-corrected chi connectivity index (χ1v) is 10.4. The monoisotopic (exact) mass is 309 g/mol. The molecule has 0 spiro atoms. The Kier molecular flexibility index (Phi) is 4.89. The zero-order valence-electron chi connectivity index (χ0n) is 11.2. The highest BCUT2D eigenvalue weighted by molar-refractivity contribution is 7.91. The lowest BCUT2D eigenvalue weighted by Crippen LogP contribution is -2.33. The van der Waals surface area contributed by atoms with Gasteiger partial charge in [0.15, 0.2) is 9.84 Å². The summed E-state index contributed by atoms with van der Waals surface area (Å²) in [5, 5.41) is -0.209. The molecule has 1 saturated carbocycles. The first-order chi connectivity index (χ1) is 8.89. The fourth-order valence-electron chi connectivity index (χ4n) is 3.02. The third kappa shape index (κ3) is 4.43. The van der Waals surface area contributed by atoms with Crippen LogP contribution in [0, 0.1) is 5.92 Å². The Hall–Kier alpha value is -0.140. The Balaban J connectivity index is 1.67. The van der Waals surface area contributed by atoms with E-state index in [0.29, 0.717) is 12.3 Å². The van der Waals surface area contributed by atoms with Gasteiger partial charge in [-0.2, -0.15) is 0 Å². The van der Waals surface area contributed by atoms with E-state index in [1.165, 1.54) is 0 Å². The molecule has 2 fully saturated rings. The highest BCUT2D eigenvalue weighted by Crippen LogP contribution is 2.25. The third-order valence-electron chi connectivity index (χ3n) is 4.16. The fraction of sp³-hybridized carbons (Fsp3) is 1.00. The molecule has 1 N–H and O–H groups in total. The quantitative estimate of drug-likeness (QED) is 0.744. The van der Waals surface area contributed by atoms with Gasteiger partial charge < -0.3 is 0 Å². The second kappa shape index (κ2) is 6.10. The van der Waals surface area contributed by atoms with E-state index < -0.39 is 19.9 Å². The minimum Gasteiger partial charge on any atom is -0.229 e. The molecule has 0 aromatic heterocycles. The Morgan fingerprint density at radius 1 is 1.11 bits per heavy atom. The standard InChI is InChI=1S/C12H23NO4S2/c14-18(15)9-7-11(10-18)4-3-8-13-19(16,17)12-5-1-2-6-12/h11-13H,1-10H2. The molecule has 2 aliphatic rings. The first kappa shape index (κ1) is 15.3. The van der Waals surface area contributed by atoms with Crippen LogP contribution in [0.2, 0.25) is 0 Å². The smallest absolute Gasteiger partial charge is 0.214 e. The van der Waals surface area contributed by atoms with Crippen molar-refractivity contribution in [3.63, 3.8) is 0 Å². The molecule has 0 radical (unpaired) electrons. The van der Waals surface area contributed by atoms with Crippen molar-refractivity contribution in [3.8, 4) is 0 Å². The van der Waals surface area contributed by atoms with Crippen LogP contribution in [0.1, 0.15) is 44.9 Å². The molecule has 1 saturated heterocycles. The number of sulfonamides is 1. The maximum atomic E-state index is 11.9. The summed E-state index contributed by atoms with van der Waals surface area (Å²) >= 11 is 0. The molecule has 7 heteroatoms. The Labute approximate surface area is 116 Å². The largest absolute Gasteiger partial charge is 0.229 e. The van der Waals surface area contributed by atoms with Gasteiger partial charge in [-0.25, -0.2) is 21.6 Å². The number of nitrogens with one attached hydrogen (secondary N) is 1. The van der Waals surface area contributed by atoms with Crippen LogP contribution in [-0.2, 0) is 19.9 Å². The topological polar surface area (TPSA) is 80.3 Å². The van der Waals surface area contributed by atoms with E-state index >= 15 is 0 Å². The lowest BCUT2D eigenvalue weighted by Gasteiger charge is -2.13. The summed E-state index contributed by atoms with van der Waals surface area (Å²) in [6, 6.07) is 0. The van der Waals surface area contributed by atoms with Crippen LogP contribution in [0.5, 0.6) is 0 Å². The Morgan fingerprint density at radius 2 is 1.79 bits per heavy atom. The van der Waals surface area contributed by atoms with Gasteiger partial charge in [-0.3, -0.25) is 0 Å². The number of hydrogen-bond donors (Lipinski definition) is 1. The van der Waals surface area contributed by atoms with E-state index in [2.05, 4.69) is 4.72 Å². The molecular weight excluding hydrogens is 286 g/mol. The maximum Gasteiger partial charge on any atom is 0.214 e. The lowest BCUT2D eigenvalue weighted by molar-refractivity contribution is 0.509. The Morgan fingerprint density at radius 3 is 2.37 bits per heavy atom. The van der Waals surface area contributed by atoms with Crippen LogP contribution in [-0.4, -0.2) is 40.1 Å². The number of hydrogen-bond acceptors (Lipinski definition) is 4. The van der Waals surface area contributed by atoms with Crippen LogP contribution in [0.4, 0.5) is 0 Å². The van der Waals surface area contributed by atoms with Gasteiger partial charge in [0.25, 0.3) is 0 Å². The van der Waals surface area contributed by atoms with Crippen LogP contribution in [0.3, 0.4) is 0 Å². The zero-order valence-corrected chi connectivity index (χ0v) is 12.8. The second-order valence-corrected chi connectivity index (χ2v) is 10.0. The van der Waals surface area contributed by atoms with Gasteiger partial charge in [-0.05, 0) is 38.0 Å². The average molecular weight is 309 g/mol. The molecule has 5 nitrogen and oxygen atoms in total. The molecule has 0 aromatic rings. The molecule has 1 aliphatic carbocycles. The molecule has 2 rings (SSSR count). The van der Waals surface area contributed by atoms with E-state index in [1.54, 1.807) is 0 Å². The molecule has 0 bridgehead atoms. The predicted octanol–water partition coefficient (Wildman–Crippen LogP) is 1.06. The van der Waals surface area contributed by atoms with E-state index in [4.69, 9.17) is 0 Å². The van der Waals surface area contributed by atoms with Gasteiger partial charge in [-0.15, -0.1) is 0 Å². The minimum atomic E-state index is -3.15. The third-order valence-corrected chi connectivity index (χ3v) is 7.95. The van der Waals surface area contributed by atoms with Crippen molar-refractivity contribution in [3.05, 3.63) is 0 Å². The summed E-state index contributed by atoms with van der Waals surface area (Å²) in [5.41, 5.74) is 0. The fourth-order valence-corrected chi connectivity index (χ4v) is 6.55. The summed E-state index contributed by atoms with van der Waals surface area (Å²) in [5.74, 6) is 0.800. The van der Waals surface area contributed by atoms with Crippen molar-refractivity contribution >= 4 is 19.9 Å². The highest BCUT2D eigenvalue weighted by atomic mass is 32.2. The van der Waals surface area contributed by atoms with Crippen LogP contribution < -0.4 is 4.72 Å². The van der Waals surface area contributed by atoms with Crippen molar-refractivity contribution in [2.75, 3.05) is 18.1 Å². The van der Waals surface area contributed by atoms with Crippen molar-refractivity contribution in [2.45, 2.75) is 50.2 Å². The lowest BCUT2D eigenvalue weighted by atomic mass is 10.0. The van der Waals surface area contributed by atoms with Gasteiger partial charge in [0.1, 0.15) is 0 Å². The summed E-state index contributed by atoms with van der Waals surface area (Å²) in [6.07, 6.45) is 5.82. The average Bonchev–Trinajstić information content (AvgIpc) is 2.94. The molecule has 1 unspecified atom stereocenters. The molecule has 112 valence electrons. The van der Waals surface area contributed by atoms with Gasteiger partial charge in [-0.1, -0.05) is 12.8 Å². The SMILES string of the molecule is O=S1(=O)CCC(CCCNS(=O)(=O)C2CCCC2)C1. The van der Waals surface area contributed by atoms with Crippen molar-refractivity contribution in [1.82, 2.24) is 4.72 Å².